The average Bonchev–Trinajstić information content (AvgIpc) is 3.99. The maximum absolute atomic E-state index is 6.95. The minimum Gasteiger partial charge on any atom is -0.453 e. The van der Waals surface area contributed by atoms with Gasteiger partial charge in [0.15, 0.2) is 23.1 Å². The second kappa shape index (κ2) is 16.3. The van der Waals surface area contributed by atoms with E-state index in [4.69, 9.17) is 24.4 Å². The van der Waals surface area contributed by atoms with Crippen LogP contribution < -0.4 is 0 Å². The Balaban J connectivity index is 0.925. The first kappa shape index (κ1) is 39.1. The van der Waals surface area contributed by atoms with E-state index in [-0.39, 0.29) is 0 Å². The Labute approximate surface area is 392 Å². The molecule has 0 spiro atoms. The molecule has 318 valence electrons. The molecule has 13 rings (SSSR count). The van der Waals surface area contributed by atoms with Crippen molar-refractivity contribution in [2.45, 2.75) is 0 Å². The smallest absolute Gasteiger partial charge is 0.164 e. The first-order valence-corrected chi connectivity index (χ1v) is 22.8. The topological polar surface area (TPSA) is 69.6 Å². The Morgan fingerprint density at radius 3 is 1.44 bits per heavy atom. The molecule has 0 aliphatic heterocycles. The summed E-state index contributed by atoms with van der Waals surface area (Å²) in [5, 5.41) is 4.50. The van der Waals surface area contributed by atoms with E-state index in [9.17, 15) is 0 Å². The monoisotopic (exact) mass is 869 g/mol. The molecule has 68 heavy (non-hydrogen) atoms. The van der Waals surface area contributed by atoms with Crippen LogP contribution in [-0.4, -0.2) is 24.5 Å². The van der Waals surface area contributed by atoms with Gasteiger partial charge < -0.3 is 8.98 Å². The van der Waals surface area contributed by atoms with Gasteiger partial charge in [-0.1, -0.05) is 206 Å². The van der Waals surface area contributed by atoms with Crippen molar-refractivity contribution >= 4 is 43.7 Å². The highest BCUT2D eigenvalue weighted by atomic mass is 16.3. The molecular weight excluding hydrogens is 831 g/mol. The molecule has 0 saturated heterocycles. The Morgan fingerprint density at radius 2 is 0.809 bits per heavy atom. The Bertz CT molecular complexity index is 3940. The first-order valence-electron chi connectivity index (χ1n) is 22.8. The number of pyridine rings is 1. The summed E-state index contributed by atoms with van der Waals surface area (Å²) in [5.74, 6) is 2.64. The van der Waals surface area contributed by atoms with Crippen molar-refractivity contribution in [3.63, 3.8) is 0 Å². The maximum atomic E-state index is 6.95. The summed E-state index contributed by atoms with van der Waals surface area (Å²) >= 11 is 0. The highest BCUT2D eigenvalue weighted by Gasteiger charge is 2.24. The molecule has 0 amide bonds. The van der Waals surface area contributed by atoms with Crippen LogP contribution in [0.1, 0.15) is 0 Å². The van der Waals surface area contributed by atoms with Gasteiger partial charge in [0.25, 0.3) is 0 Å². The lowest BCUT2D eigenvalue weighted by Gasteiger charge is -2.12. The molecule has 6 heteroatoms. The molecule has 0 atom stereocenters. The van der Waals surface area contributed by atoms with Crippen molar-refractivity contribution in [3.8, 4) is 84.7 Å². The van der Waals surface area contributed by atoms with Crippen LogP contribution in [0.15, 0.2) is 241 Å². The third-order valence-electron chi connectivity index (χ3n) is 12.9. The molecule has 0 saturated carbocycles. The third-order valence-corrected chi connectivity index (χ3v) is 12.9. The zero-order chi connectivity index (χ0) is 45.0. The highest BCUT2D eigenvalue weighted by Crippen LogP contribution is 2.47. The summed E-state index contributed by atoms with van der Waals surface area (Å²) < 4.78 is 9.27. The van der Waals surface area contributed by atoms with Gasteiger partial charge in [-0.3, -0.25) is 0 Å². The lowest BCUT2D eigenvalue weighted by Crippen LogP contribution is -2.01. The van der Waals surface area contributed by atoms with E-state index in [1.807, 2.05) is 54.6 Å². The van der Waals surface area contributed by atoms with Crippen LogP contribution in [0, 0.1) is 0 Å². The van der Waals surface area contributed by atoms with Crippen LogP contribution in [0.25, 0.3) is 128 Å². The molecule has 6 nitrogen and oxygen atoms in total. The van der Waals surface area contributed by atoms with E-state index in [0.717, 1.165) is 100 Å². The zero-order valence-electron chi connectivity index (χ0n) is 36.7. The summed E-state index contributed by atoms with van der Waals surface area (Å²) in [4.78, 5) is 20.7. The van der Waals surface area contributed by atoms with Crippen LogP contribution >= 0.6 is 0 Å². The van der Waals surface area contributed by atoms with Crippen LogP contribution in [0.5, 0.6) is 0 Å². The van der Waals surface area contributed by atoms with Crippen molar-refractivity contribution in [2.24, 2.45) is 0 Å². The van der Waals surface area contributed by atoms with Gasteiger partial charge >= 0.3 is 0 Å². The molecule has 0 fully saturated rings. The molecule has 0 unspecified atom stereocenters. The molecule has 0 N–H and O–H groups in total. The van der Waals surface area contributed by atoms with Crippen LogP contribution in [0.3, 0.4) is 0 Å². The lowest BCUT2D eigenvalue weighted by atomic mass is 9.94. The average molecular weight is 870 g/mol. The number of benzene rings is 9. The van der Waals surface area contributed by atoms with Gasteiger partial charge in [-0.2, -0.15) is 0 Å². The van der Waals surface area contributed by atoms with Crippen molar-refractivity contribution < 1.29 is 4.42 Å². The molecule has 0 aliphatic carbocycles. The fourth-order valence-corrected chi connectivity index (χ4v) is 9.65. The highest BCUT2D eigenvalue weighted by molar-refractivity contribution is 6.18. The normalized spacial score (nSPS) is 11.5. The van der Waals surface area contributed by atoms with E-state index in [1.54, 1.807) is 0 Å². The van der Waals surface area contributed by atoms with Crippen LogP contribution in [-0.2, 0) is 0 Å². The summed E-state index contributed by atoms with van der Waals surface area (Å²) in [7, 11) is 0. The molecule has 4 aromatic heterocycles. The third kappa shape index (κ3) is 6.74. The Morgan fingerprint density at radius 1 is 0.324 bits per heavy atom. The van der Waals surface area contributed by atoms with Crippen LogP contribution in [0.4, 0.5) is 0 Å². The molecule has 0 bridgehead atoms. The van der Waals surface area contributed by atoms with Gasteiger partial charge in [-0.15, -0.1) is 0 Å². The molecule has 4 heterocycles. The van der Waals surface area contributed by atoms with Crippen molar-refractivity contribution in [1.82, 2.24) is 24.5 Å². The number of aromatic nitrogens is 5. The zero-order valence-corrected chi connectivity index (χ0v) is 36.7. The Kier molecular flexibility index (Phi) is 9.39. The largest absolute Gasteiger partial charge is 0.453 e. The van der Waals surface area contributed by atoms with Crippen molar-refractivity contribution in [1.29, 1.82) is 0 Å². The Hall–Kier alpha value is -9.26. The van der Waals surface area contributed by atoms with Gasteiger partial charge in [0.1, 0.15) is 11.5 Å². The number of rotatable bonds is 8. The first-order chi connectivity index (χ1) is 33.7. The number of fused-ring (bicyclic) bond motifs is 6. The second-order valence-electron chi connectivity index (χ2n) is 17.0. The second-order valence-corrected chi connectivity index (χ2v) is 17.0. The van der Waals surface area contributed by atoms with E-state index in [1.165, 1.54) is 10.8 Å². The van der Waals surface area contributed by atoms with E-state index in [2.05, 4.69) is 187 Å². The molecule has 0 radical (unpaired) electrons. The molecular formula is C62H39N5O. The number of hydrogen-bond acceptors (Lipinski definition) is 5. The summed E-state index contributed by atoms with van der Waals surface area (Å²) in [5.41, 5.74) is 14.7. The summed E-state index contributed by atoms with van der Waals surface area (Å²) in [6.45, 7) is 0. The van der Waals surface area contributed by atoms with Gasteiger partial charge in [0.2, 0.25) is 0 Å². The maximum Gasteiger partial charge on any atom is 0.164 e. The van der Waals surface area contributed by atoms with E-state index >= 15 is 0 Å². The van der Waals surface area contributed by atoms with E-state index < -0.39 is 0 Å². The minimum atomic E-state index is 0.598. The van der Waals surface area contributed by atoms with Gasteiger partial charge in [0, 0.05) is 60.6 Å². The van der Waals surface area contributed by atoms with Gasteiger partial charge in [-0.25, -0.2) is 19.9 Å². The van der Waals surface area contributed by atoms with Crippen molar-refractivity contribution in [3.05, 3.63) is 237 Å². The van der Waals surface area contributed by atoms with Gasteiger partial charge in [0.05, 0.1) is 16.6 Å². The predicted octanol–water partition coefficient (Wildman–Crippen LogP) is 15.9. The summed E-state index contributed by atoms with van der Waals surface area (Å²) in [6.07, 6.45) is 0. The standard InChI is InChI=1S/C62H39N5O/c1-5-18-41(19-6-1)55-56-51-37-36-46(39-52(51)63-57(42-20-7-2-8-21-42)59(56)68-58(55)43-22-9-3-10-23-43)40-32-34-45(35-33-40)61-64-60(44-24-11-4-12-25-44)65-62(66-61)47-26-17-27-48(38-47)67-53-30-15-13-28-49(53)50-29-14-16-31-54(50)67/h1-39H. The fourth-order valence-electron chi connectivity index (χ4n) is 9.65. The number of para-hydroxylation sites is 2. The summed E-state index contributed by atoms with van der Waals surface area (Å²) in [6, 6.07) is 82.0. The lowest BCUT2D eigenvalue weighted by molar-refractivity contribution is 0.632. The predicted molar refractivity (Wildman–Crippen MR) is 277 cm³/mol. The number of hydrogen-bond donors (Lipinski definition) is 0. The number of furan rings is 1. The SMILES string of the molecule is c1ccc(-c2nc(-c3ccc(-c4ccc5c(c4)nc(-c4ccccc4)c4oc(-c6ccccc6)c(-c6ccccc6)c45)cc3)nc(-c3cccc(-n4c5ccccc5c5ccccc54)c3)n2)cc1. The quantitative estimate of drug-likeness (QED) is 0.152. The molecule has 9 aromatic carbocycles. The number of nitrogens with zero attached hydrogens (tertiary/aromatic N) is 5. The minimum absolute atomic E-state index is 0.598. The fraction of sp³-hybridized carbons (Fsp3) is 0. The van der Waals surface area contributed by atoms with E-state index in [0.29, 0.717) is 17.5 Å². The molecule has 13 aromatic rings. The molecule has 0 aliphatic rings. The van der Waals surface area contributed by atoms with Crippen molar-refractivity contribution in [2.75, 3.05) is 0 Å². The van der Waals surface area contributed by atoms with Crippen LogP contribution in [0.2, 0.25) is 0 Å². The van der Waals surface area contributed by atoms with Gasteiger partial charge in [-0.05, 0) is 47.0 Å².